The van der Waals surface area contributed by atoms with Crippen LogP contribution in [0, 0.1) is 62.3 Å². The first-order chi connectivity index (χ1) is 29.2. The predicted molar refractivity (Wildman–Crippen MR) is 241 cm³/mol. The van der Waals surface area contributed by atoms with Gasteiger partial charge in [-0.3, -0.25) is 0 Å². The van der Waals surface area contributed by atoms with Crippen LogP contribution in [0.1, 0.15) is 93.3 Å². The summed E-state index contributed by atoms with van der Waals surface area (Å²) in [6.07, 6.45) is -1.55. The Morgan fingerprint density at radius 3 is 1.37 bits per heavy atom. The maximum absolute atomic E-state index is 12.9. The highest BCUT2D eigenvalue weighted by Gasteiger charge is 2.33. The Bertz CT molecular complexity index is 2530. The monoisotopic (exact) mass is 850 g/mol. The molecule has 0 amide bonds. The highest BCUT2D eigenvalue weighted by Crippen LogP contribution is 2.39. The van der Waals surface area contributed by atoms with Crippen LogP contribution >= 0.6 is 0 Å². The van der Waals surface area contributed by atoms with Crippen molar-refractivity contribution < 1.29 is 35.8 Å². The average Bonchev–Trinajstić information content (AvgIpc) is 3.16. The number of benzene rings is 6. The molecule has 8 heteroatoms. The van der Waals surface area contributed by atoms with E-state index in [9.17, 15) is 26.3 Å². The largest absolute Gasteiger partial charge is 0.573 e. The van der Waals surface area contributed by atoms with Gasteiger partial charge in [-0.1, -0.05) is 92.1 Å². The van der Waals surface area contributed by atoms with Crippen LogP contribution in [0.2, 0.25) is 0 Å². The lowest BCUT2D eigenvalue weighted by Gasteiger charge is -2.18. The zero-order valence-corrected chi connectivity index (χ0v) is 37.2. The van der Waals surface area contributed by atoms with Crippen molar-refractivity contribution in [3.63, 3.8) is 0 Å². The Kier molecular flexibility index (Phi) is 14.0. The van der Waals surface area contributed by atoms with E-state index in [1.165, 1.54) is 70.3 Å². The lowest BCUT2D eigenvalue weighted by Crippen LogP contribution is -2.18. The topological polar surface area (TPSA) is 18.5 Å². The molecule has 0 aromatic heterocycles. The van der Waals surface area contributed by atoms with E-state index < -0.39 is 12.7 Å². The van der Waals surface area contributed by atoms with Gasteiger partial charge in [-0.25, -0.2) is 0 Å². The zero-order chi connectivity index (χ0) is 45.1. The smallest absolute Gasteiger partial charge is 0.406 e. The third-order valence-electron chi connectivity index (χ3n) is 12.1. The molecule has 0 saturated carbocycles. The first-order valence-electron chi connectivity index (χ1n) is 21.3. The average molecular weight is 851 g/mol. The van der Waals surface area contributed by atoms with E-state index in [1.807, 2.05) is 13.8 Å². The fourth-order valence-corrected chi connectivity index (χ4v) is 9.11. The highest BCUT2D eigenvalue weighted by molar-refractivity contribution is 5.80. The van der Waals surface area contributed by atoms with Gasteiger partial charge in [0.05, 0.1) is 0 Å². The fourth-order valence-electron chi connectivity index (χ4n) is 9.11. The van der Waals surface area contributed by atoms with E-state index in [1.54, 1.807) is 32.0 Å². The molecule has 2 nitrogen and oxygen atoms in total. The summed E-state index contributed by atoms with van der Waals surface area (Å²) in [6, 6.07) is 29.9. The fraction of sp³-hybridized carbons (Fsp3) is 0.333. The molecule has 0 atom stereocenters. The van der Waals surface area contributed by atoms with E-state index in [0.29, 0.717) is 11.1 Å². The van der Waals surface area contributed by atoms with Gasteiger partial charge in [0.15, 0.2) is 0 Å². The van der Waals surface area contributed by atoms with Crippen LogP contribution in [0.3, 0.4) is 0 Å². The minimum absolute atomic E-state index is 0.172. The molecule has 6 rings (SSSR count). The van der Waals surface area contributed by atoms with Crippen molar-refractivity contribution >= 4 is 0 Å². The van der Waals surface area contributed by atoms with E-state index in [0.717, 1.165) is 81.3 Å². The number of unbranched alkanes of at least 4 members (excludes halogenated alkanes) is 4. The highest BCUT2D eigenvalue weighted by atomic mass is 19.4. The number of halogens is 6. The molecule has 326 valence electrons. The van der Waals surface area contributed by atoms with E-state index in [4.69, 9.17) is 0 Å². The number of aryl methyl sites for hydroxylation is 9. The Morgan fingerprint density at radius 1 is 0.355 bits per heavy atom. The van der Waals surface area contributed by atoms with E-state index in [2.05, 4.69) is 105 Å². The van der Waals surface area contributed by atoms with Crippen molar-refractivity contribution in [1.82, 2.24) is 0 Å². The molecule has 0 aliphatic heterocycles. The molecular weight excluding hydrogens is 795 g/mol. The maximum Gasteiger partial charge on any atom is 0.573 e. The van der Waals surface area contributed by atoms with E-state index in [-0.39, 0.29) is 11.5 Å². The van der Waals surface area contributed by atoms with Crippen LogP contribution in [-0.2, 0) is 12.8 Å². The second-order valence-corrected chi connectivity index (χ2v) is 17.0. The quantitative estimate of drug-likeness (QED) is 0.0803. The molecule has 62 heavy (non-hydrogen) atoms. The lowest BCUT2D eigenvalue weighted by molar-refractivity contribution is -0.275. The second kappa shape index (κ2) is 18.9. The zero-order valence-electron chi connectivity index (χ0n) is 37.2. The molecule has 0 aliphatic rings. The number of rotatable bonds is 14. The van der Waals surface area contributed by atoms with Gasteiger partial charge in [0.2, 0.25) is 0 Å². The van der Waals surface area contributed by atoms with Crippen molar-refractivity contribution in [3.05, 3.63) is 152 Å². The summed E-state index contributed by atoms with van der Waals surface area (Å²) < 4.78 is 85.5. The van der Waals surface area contributed by atoms with Crippen molar-refractivity contribution in [3.8, 4) is 56.0 Å². The van der Waals surface area contributed by atoms with Gasteiger partial charge >= 0.3 is 12.7 Å². The van der Waals surface area contributed by atoms with Crippen molar-refractivity contribution in [2.45, 2.75) is 120 Å². The number of ether oxygens (including phenoxy) is 2. The van der Waals surface area contributed by atoms with Crippen molar-refractivity contribution in [1.29, 1.82) is 0 Å². The Labute approximate surface area is 363 Å². The summed E-state index contributed by atoms with van der Waals surface area (Å²) in [7, 11) is 0. The summed E-state index contributed by atoms with van der Waals surface area (Å²) in [5.74, 6) is -0.357. The minimum atomic E-state index is -4.73. The molecule has 0 bridgehead atoms. The molecule has 0 fully saturated rings. The van der Waals surface area contributed by atoms with Gasteiger partial charge in [0.25, 0.3) is 0 Å². The van der Waals surface area contributed by atoms with Crippen molar-refractivity contribution in [2.24, 2.45) is 0 Å². The molecule has 0 unspecified atom stereocenters. The minimum Gasteiger partial charge on any atom is -0.406 e. The van der Waals surface area contributed by atoms with Gasteiger partial charge < -0.3 is 9.47 Å². The third-order valence-corrected chi connectivity index (χ3v) is 12.1. The second-order valence-electron chi connectivity index (χ2n) is 17.0. The predicted octanol–water partition coefficient (Wildman–Crippen LogP) is 16.7. The van der Waals surface area contributed by atoms with Gasteiger partial charge in [0, 0.05) is 0 Å². The van der Waals surface area contributed by atoms with Crippen LogP contribution in [0.15, 0.2) is 91.0 Å². The summed E-state index contributed by atoms with van der Waals surface area (Å²) in [5, 5.41) is 0. The third kappa shape index (κ3) is 11.1. The molecule has 0 saturated heterocycles. The molecule has 6 aromatic carbocycles. The van der Waals surface area contributed by atoms with Crippen LogP contribution in [0.25, 0.3) is 44.5 Å². The van der Waals surface area contributed by atoms with Gasteiger partial charge in [-0.05, 0) is 212 Å². The van der Waals surface area contributed by atoms with E-state index >= 15 is 0 Å². The normalized spacial score (nSPS) is 11.9. The molecule has 0 N–H and O–H groups in total. The van der Waals surface area contributed by atoms with Gasteiger partial charge in [-0.15, -0.1) is 26.3 Å². The Hall–Kier alpha value is -5.50. The molecule has 0 heterocycles. The number of hydrogen-bond donors (Lipinski definition) is 0. The number of alkyl halides is 6. The van der Waals surface area contributed by atoms with Gasteiger partial charge in [0.1, 0.15) is 11.5 Å². The summed E-state index contributed by atoms with van der Waals surface area (Å²) in [5.41, 5.74) is 19.7. The first kappa shape index (κ1) is 46.0. The lowest BCUT2D eigenvalue weighted by atomic mass is 9.87. The molecule has 6 aromatic rings. The Morgan fingerprint density at radius 2 is 0.790 bits per heavy atom. The first-order valence-corrected chi connectivity index (χ1v) is 21.3. The van der Waals surface area contributed by atoms with Crippen molar-refractivity contribution in [2.75, 3.05) is 0 Å². The number of hydrogen-bond acceptors (Lipinski definition) is 2. The summed E-state index contributed by atoms with van der Waals surface area (Å²) in [4.78, 5) is 0. The molecule has 0 radical (unpaired) electrons. The van der Waals surface area contributed by atoms with Crippen LogP contribution in [0.5, 0.6) is 11.5 Å². The summed E-state index contributed by atoms with van der Waals surface area (Å²) >= 11 is 0. The molecule has 0 spiro atoms. The van der Waals surface area contributed by atoms with Crippen LogP contribution in [0.4, 0.5) is 26.3 Å². The van der Waals surface area contributed by atoms with Gasteiger partial charge in [-0.2, -0.15) is 0 Å². The SMILES string of the molecule is Cc1cc(-c2c(C)cc(-c3c(C)cc(CCCCCCCc4ccc(-c5ccc(-c6ccc(OC(F)(F)F)c(C)c6C)c(C)c5)c(C)c4)cc3C)cc2C)ccc1OC(F)(F)F. The van der Waals surface area contributed by atoms with Crippen LogP contribution < -0.4 is 9.47 Å². The molecule has 0 aliphatic carbocycles. The van der Waals surface area contributed by atoms with Crippen LogP contribution in [-0.4, -0.2) is 12.7 Å². The standard InChI is InChI=1S/C54H56F6O2/c1-32-25-41(17-20-46(32)43-18-21-47(33(2)28-43)48-22-24-50(40(9)39(48)8)62-54(58,59)60)15-13-11-10-12-14-16-42-26-35(4)52(36(5)27-42)45-30-37(6)51(38(7)31-45)44-19-23-49(34(3)29-44)61-53(55,56)57/h17-31H,10-16H2,1-9H3. The summed E-state index contributed by atoms with van der Waals surface area (Å²) in [6.45, 7) is 17.8. The maximum atomic E-state index is 12.9. The Balaban J connectivity index is 0.992. The molecular formula is C54H56F6O2.